The van der Waals surface area contributed by atoms with E-state index in [0.29, 0.717) is 19.4 Å². The minimum atomic E-state index is -0.852. The highest BCUT2D eigenvalue weighted by Crippen LogP contribution is 2.41. The number of amidine groups is 1. The predicted molar refractivity (Wildman–Crippen MR) is 83.5 cm³/mol. The smallest absolute Gasteiger partial charge is 0.240 e. The van der Waals surface area contributed by atoms with Crippen LogP contribution in [0.3, 0.4) is 0 Å². The van der Waals surface area contributed by atoms with Gasteiger partial charge >= 0.3 is 0 Å². The number of benzene rings is 1. The van der Waals surface area contributed by atoms with Gasteiger partial charge in [-0.1, -0.05) is 35.7 Å². The summed E-state index contributed by atoms with van der Waals surface area (Å²) in [6.07, 6.45) is 3.13. The zero-order chi connectivity index (χ0) is 15.5. The first-order valence-corrected chi connectivity index (χ1v) is 7.42. The normalized spacial score (nSPS) is 17.7. The van der Waals surface area contributed by atoms with Crippen molar-refractivity contribution in [2.24, 2.45) is 16.3 Å². The predicted octanol–water partition coefficient (Wildman–Crippen LogP) is 2.65. The van der Waals surface area contributed by atoms with Crippen molar-refractivity contribution in [3.05, 3.63) is 29.8 Å². The summed E-state index contributed by atoms with van der Waals surface area (Å²) < 4.78 is 0. The number of oxime groups is 1. The van der Waals surface area contributed by atoms with Crippen molar-refractivity contribution in [3.63, 3.8) is 0 Å². The topological polar surface area (TPSA) is 78.9 Å². The molecule has 1 aliphatic carbocycles. The van der Waals surface area contributed by atoms with Gasteiger partial charge in [0.05, 0.1) is 0 Å². The molecule has 1 amide bonds. The molecule has 0 radical (unpaired) electrons. The highest BCUT2D eigenvalue weighted by atomic mass is 16.4. The second-order valence-corrected chi connectivity index (χ2v) is 5.66. The molecule has 0 saturated heterocycles. The molecule has 0 spiro atoms. The van der Waals surface area contributed by atoms with Gasteiger partial charge in [0, 0.05) is 12.2 Å². The lowest BCUT2D eigenvalue weighted by atomic mass is 9.83. The van der Waals surface area contributed by atoms with Gasteiger partial charge in [-0.3, -0.25) is 4.79 Å². The van der Waals surface area contributed by atoms with E-state index in [0.717, 1.165) is 24.1 Å². The van der Waals surface area contributed by atoms with E-state index in [9.17, 15) is 4.79 Å². The number of amides is 1. The van der Waals surface area contributed by atoms with E-state index < -0.39 is 5.41 Å². The molecule has 0 aromatic heterocycles. The number of nitrogens with two attached hydrogens (primary N) is 1. The Morgan fingerprint density at radius 1 is 1.33 bits per heavy atom. The van der Waals surface area contributed by atoms with Crippen LogP contribution < -0.4 is 10.6 Å². The molecule has 1 saturated carbocycles. The Balaban J connectivity index is 2.36. The number of hydrogen-bond acceptors (Lipinski definition) is 3. The number of anilines is 1. The first-order valence-electron chi connectivity index (χ1n) is 7.42. The van der Waals surface area contributed by atoms with Crippen LogP contribution in [0.15, 0.2) is 29.4 Å². The molecule has 5 nitrogen and oxygen atoms in total. The maximum Gasteiger partial charge on any atom is 0.240 e. The molecule has 21 heavy (non-hydrogen) atoms. The molecular formula is C16H23N3O2. The zero-order valence-corrected chi connectivity index (χ0v) is 12.7. The van der Waals surface area contributed by atoms with Crippen LogP contribution >= 0.6 is 0 Å². The first-order chi connectivity index (χ1) is 10.0. The number of aryl methyl sites for hydroxylation is 1. The molecule has 0 unspecified atom stereocenters. The van der Waals surface area contributed by atoms with Crippen LogP contribution in [0.5, 0.6) is 0 Å². The van der Waals surface area contributed by atoms with Gasteiger partial charge in [0.15, 0.2) is 5.84 Å². The largest absolute Gasteiger partial charge is 0.409 e. The quantitative estimate of drug-likeness (QED) is 0.387. The third kappa shape index (κ3) is 2.73. The molecule has 0 aliphatic heterocycles. The molecule has 3 N–H and O–H groups in total. The van der Waals surface area contributed by atoms with Crippen LogP contribution in [0, 0.1) is 12.3 Å². The van der Waals surface area contributed by atoms with Gasteiger partial charge in [-0.15, -0.1) is 0 Å². The van der Waals surface area contributed by atoms with E-state index in [-0.39, 0.29) is 11.7 Å². The number of carbonyl (C=O) groups excluding carboxylic acids is 1. The van der Waals surface area contributed by atoms with Crippen molar-refractivity contribution >= 4 is 17.4 Å². The number of rotatable bonds is 4. The Hall–Kier alpha value is -2.04. The van der Waals surface area contributed by atoms with Crippen LogP contribution in [0.2, 0.25) is 0 Å². The Morgan fingerprint density at radius 3 is 2.38 bits per heavy atom. The van der Waals surface area contributed by atoms with Gasteiger partial charge in [-0.05, 0) is 38.8 Å². The standard InChI is InChI=1S/C16H23N3O2/c1-3-19(13-8-6-12(2)7-9-13)15(20)16(14(17)18-21)10-4-5-11-16/h6-9,21H,3-5,10-11H2,1-2H3,(H2,17,18). The SMILES string of the molecule is CCN(C(=O)C1(C(N)=NO)CCCC1)c1ccc(C)cc1. The Kier molecular flexibility index (Phi) is 4.50. The maximum atomic E-state index is 13.0. The fraction of sp³-hybridized carbons (Fsp3) is 0.500. The lowest BCUT2D eigenvalue weighted by Gasteiger charge is -2.33. The van der Waals surface area contributed by atoms with Crippen LogP contribution in [0.25, 0.3) is 0 Å². The summed E-state index contributed by atoms with van der Waals surface area (Å²) in [5, 5.41) is 12.2. The Labute approximate surface area is 125 Å². The number of nitrogens with zero attached hydrogens (tertiary/aromatic N) is 2. The lowest BCUT2D eigenvalue weighted by molar-refractivity contribution is -0.124. The van der Waals surface area contributed by atoms with Crippen molar-refractivity contribution < 1.29 is 10.0 Å². The molecule has 2 rings (SSSR count). The summed E-state index contributed by atoms with van der Waals surface area (Å²) >= 11 is 0. The van der Waals surface area contributed by atoms with Gasteiger partial charge in [0.2, 0.25) is 5.91 Å². The van der Waals surface area contributed by atoms with Crippen LogP contribution in [0.4, 0.5) is 5.69 Å². The molecule has 1 aromatic rings. The zero-order valence-electron chi connectivity index (χ0n) is 12.7. The average Bonchev–Trinajstić information content (AvgIpc) is 2.99. The van der Waals surface area contributed by atoms with Crippen LogP contribution in [0.1, 0.15) is 38.2 Å². The van der Waals surface area contributed by atoms with Gasteiger partial charge in [-0.2, -0.15) is 0 Å². The molecule has 1 fully saturated rings. The summed E-state index contributed by atoms with van der Waals surface area (Å²) in [6.45, 7) is 4.51. The fourth-order valence-corrected chi connectivity index (χ4v) is 3.08. The third-order valence-electron chi connectivity index (χ3n) is 4.37. The Bertz CT molecular complexity index is 531. The number of carbonyl (C=O) groups is 1. The van der Waals surface area contributed by atoms with Gasteiger partial charge in [-0.25, -0.2) is 0 Å². The summed E-state index contributed by atoms with van der Waals surface area (Å²) in [5.41, 5.74) is 7.01. The second-order valence-electron chi connectivity index (χ2n) is 5.66. The van der Waals surface area contributed by atoms with Crippen LogP contribution in [-0.4, -0.2) is 23.5 Å². The third-order valence-corrected chi connectivity index (χ3v) is 4.37. The molecular weight excluding hydrogens is 266 g/mol. The number of hydrogen-bond donors (Lipinski definition) is 2. The van der Waals surface area contributed by atoms with Gasteiger partial charge in [0.25, 0.3) is 0 Å². The average molecular weight is 289 g/mol. The minimum absolute atomic E-state index is 0.0376. The van der Waals surface area contributed by atoms with E-state index in [1.807, 2.05) is 38.1 Å². The van der Waals surface area contributed by atoms with E-state index in [1.54, 1.807) is 4.90 Å². The molecule has 1 aromatic carbocycles. The van der Waals surface area contributed by atoms with E-state index in [2.05, 4.69) is 5.16 Å². The van der Waals surface area contributed by atoms with Gasteiger partial charge in [0.1, 0.15) is 5.41 Å². The monoisotopic (exact) mass is 289 g/mol. The highest BCUT2D eigenvalue weighted by Gasteiger charge is 2.47. The molecule has 0 atom stereocenters. The fourth-order valence-electron chi connectivity index (χ4n) is 3.08. The molecule has 0 bridgehead atoms. The van der Waals surface area contributed by atoms with Crippen molar-refractivity contribution in [1.29, 1.82) is 0 Å². The van der Waals surface area contributed by atoms with E-state index in [1.165, 1.54) is 0 Å². The Morgan fingerprint density at radius 2 is 1.90 bits per heavy atom. The first kappa shape index (κ1) is 15.4. The lowest BCUT2D eigenvalue weighted by Crippen LogP contribution is -2.50. The summed E-state index contributed by atoms with van der Waals surface area (Å²) in [7, 11) is 0. The van der Waals surface area contributed by atoms with Gasteiger partial charge < -0.3 is 15.8 Å². The van der Waals surface area contributed by atoms with E-state index in [4.69, 9.17) is 10.9 Å². The van der Waals surface area contributed by atoms with Crippen molar-refractivity contribution in [1.82, 2.24) is 0 Å². The molecule has 0 heterocycles. The van der Waals surface area contributed by atoms with Crippen LogP contribution in [-0.2, 0) is 4.79 Å². The van der Waals surface area contributed by atoms with Crippen molar-refractivity contribution in [2.45, 2.75) is 39.5 Å². The van der Waals surface area contributed by atoms with Crippen molar-refractivity contribution in [2.75, 3.05) is 11.4 Å². The minimum Gasteiger partial charge on any atom is -0.409 e. The molecule has 5 heteroatoms. The summed E-state index contributed by atoms with van der Waals surface area (Å²) in [4.78, 5) is 14.8. The highest BCUT2D eigenvalue weighted by molar-refractivity contribution is 6.13. The summed E-state index contributed by atoms with van der Waals surface area (Å²) in [5.74, 6) is -0.0304. The second kappa shape index (κ2) is 6.16. The van der Waals surface area contributed by atoms with Crippen molar-refractivity contribution in [3.8, 4) is 0 Å². The molecule has 1 aliphatic rings. The summed E-state index contributed by atoms with van der Waals surface area (Å²) in [6, 6.07) is 7.84. The molecule has 114 valence electrons. The van der Waals surface area contributed by atoms with E-state index >= 15 is 0 Å². The maximum absolute atomic E-state index is 13.0.